The van der Waals surface area contributed by atoms with Crippen molar-refractivity contribution in [3.63, 3.8) is 0 Å². The van der Waals surface area contributed by atoms with Crippen LogP contribution in [0.25, 0.3) is 0 Å². The molecule has 0 spiro atoms. The molecule has 1 aromatic heterocycles. The molecule has 1 aliphatic carbocycles. The van der Waals surface area contributed by atoms with Crippen LogP contribution in [0.1, 0.15) is 75.5 Å². The number of rotatable bonds is 1. The molecule has 0 radical (unpaired) electrons. The predicted octanol–water partition coefficient (Wildman–Crippen LogP) is 4.69. The van der Waals surface area contributed by atoms with E-state index >= 15 is 0 Å². The minimum atomic E-state index is -0.0619. The molecule has 1 aromatic carbocycles. The number of benzene rings is 1. The first-order chi connectivity index (χ1) is 12.7. The number of aromatic nitrogens is 1. The number of nitrogens with zero attached hydrogens (tertiary/aromatic N) is 1. The molecule has 4 heteroatoms. The van der Waals surface area contributed by atoms with E-state index in [0.29, 0.717) is 12.1 Å². The first-order valence-corrected chi connectivity index (χ1v) is 9.84. The zero-order valence-corrected chi connectivity index (χ0v) is 17.0. The van der Waals surface area contributed by atoms with E-state index in [4.69, 9.17) is 0 Å². The monoisotopic (exact) mass is 364 g/mol. The number of amides is 1. The first kappa shape index (κ1) is 18.0. The average Bonchev–Trinajstić information content (AvgIpc) is 2.89. The van der Waals surface area contributed by atoms with Crippen LogP contribution in [0.4, 0.5) is 5.69 Å². The van der Waals surface area contributed by atoms with Crippen LogP contribution in [0.3, 0.4) is 0 Å². The number of ketones is 1. The van der Waals surface area contributed by atoms with Gasteiger partial charge in [0.1, 0.15) is 5.69 Å². The van der Waals surface area contributed by atoms with Crippen LogP contribution >= 0.6 is 0 Å². The van der Waals surface area contributed by atoms with E-state index in [1.54, 1.807) is 0 Å². The Kier molecular flexibility index (Phi) is 4.06. The Morgan fingerprint density at radius 3 is 2.63 bits per heavy atom. The van der Waals surface area contributed by atoms with Gasteiger partial charge in [-0.1, -0.05) is 19.9 Å². The molecule has 2 heterocycles. The molecule has 0 fully saturated rings. The number of nitrogens with one attached hydrogen (secondary N) is 1. The van der Waals surface area contributed by atoms with E-state index < -0.39 is 0 Å². The fourth-order valence-electron chi connectivity index (χ4n) is 4.87. The van der Waals surface area contributed by atoms with Gasteiger partial charge < -0.3 is 9.88 Å². The highest BCUT2D eigenvalue weighted by Crippen LogP contribution is 2.38. The van der Waals surface area contributed by atoms with Crippen molar-refractivity contribution in [1.82, 2.24) is 4.98 Å². The Labute approximate surface area is 161 Å². The highest BCUT2D eigenvalue weighted by Gasteiger charge is 2.36. The van der Waals surface area contributed by atoms with Gasteiger partial charge >= 0.3 is 0 Å². The lowest BCUT2D eigenvalue weighted by molar-refractivity contribution is 0.0910. The fourth-order valence-corrected chi connectivity index (χ4v) is 4.87. The molecule has 0 unspecified atom stereocenters. The van der Waals surface area contributed by atoms with Gasteiger partial charge in [0.15, 0.2) is 5.78 Å². The molecule has 27 heavy (non-hydrogen) atoms. The van der Waals surface area contributed by atoms with Gasteiger partial charge in [-0.15, -0.1) is 0 Å². The van der Waals surface area contributed by atoms with Crippen molar-refractivity contribution in [2.24, 2.45) is 5.41 Å². The number of aryl methyl sites for hydroxylation is 2. The lowest BCUT2D eigenvalue weighted by Gasteiger charge is -2.31. The number of hydrogen-bond acceptors (Lipinski definition) is 2. The summed E-state index contributed by atoms with van der Waals surface area (Å²) in [4.78, 5) is 31.4. The van der Waals surface area contributed by atoms with Crippen LogP contribution in [0.15, 0.2) is 12.1 Å². The summed E-state index contributed by atoms with van der Waals surface area (Å²) in [5, 5.41) is 0. The maximum Gasteiger partial charge on any atom is 0.274 e. The molecule has 0 bridgehead atoms. The van der Waals surface area contributed by atoms with Crippen molar-refractivity contribution in [2.75, 3.05) is 11.4 Å². The number of carbonyl (C=O) groups is 2. The minimum absolute atomic E-state index is 0.0153. The summed E-state index contributed by atoms with van der Waals surface area (Å²) >= 11 is 0. The molecule has 1 N–H and O–H groups in total. The summed E-state index contributed by atoms with van der Waals surface area (Å²) < 4.78 is 0. The van der Waals surface area contributed by atoms with Gasteiger partial charge in [0, 0.05) is 29.9 Å². The second kappa shape index (κ2) is 6.08. The SMILES string of the molecule is Cc1cc(C)c2c(c1)N(C(=O)c1[nH]c3c(c1C)C(=O)CC(C)(C)C3)CCC2. The molecule has 2 aliphatic rings. The Morgan fingerprint density at radius 2 is 1.89 bits per heavy atom. The van der Waals surface area contributed by atoms with Crippen molar-refractivity contribution < 1.29 is 9.59 Å². The maximum atomic E-state index is 13.5. The van der Waals surface area contributed by atoms with Crippen molar-refractivity contribution in [1.29, 1.82) is 0 Å². The molecule has 1 aliphatic heterocycles. The van der Waals surface area contributed by atoms with Gasteiger partial charge in [0.25, 0.3) is 5.91 Å². The number of hydrogen-bond donors (Lipinski definition) is 1. The first-order valence-electron chi connectivity index (χ1n) is 9.84. The molecular formula is C23H28N2O2. The topological polar surface area (TPSA) is 53.2 Å². The van der Waals surface area contributed by atoms with Crippen LogP contribution in [0.2, 0.25) is 0 Å². The summed E-state index contributed by atoms with van der Waals surface area (Å²) in [5.41, 5.74) is 7.73. The van der Waals surface area contributed by atoms with E-state index in [1.165, 1.54) is 16.7 Å². The zero-order chi connectivity index (χ0) is 19.5. The molecular weight excluding hydrogens is 336 g/mol. The largest absolute Gasteiger partial charge is 0.354 e. The fraction of sp³-hybridized carbons (Fsp3) is 0.478. The van der Waals surface area contributed by atoms with Gasteiger partial charge in [0.2, 0.25) is 0 Å². The molecule has 1 amide bonds. The lowest BCUT2D eigenvalue weighted by atomic mass is 9.75. The van der Waals surface area contributed by atoms with E-state index in [1.807, 2.05) is 11.8 Å². The maximum absolute atomic E-state index is 13.5. The summed E-state index contributed by atoms with van der Waals surface area (Å²) in [6.45, 7) is 11.0. The highest BCUT2D eigenvalue weighted by molar-refractivity contribution is 6.10. The summed E-state index contributed by atoms with van der Waals surface area (Å²) in [6.07, 6.45) is 3.32. The molecule has 142 valence electrons. The average molecular weight is 364 g/mol. The Balaban J connectivity index is 1.77. The smallest absolute Gasteiger partial charge is 0.274 e. The van der Waals surface area contributed by atoms with Gasteiger partial charge in [-0.2, -0.15) is 0 Å². The Hall–Kier alpha value is -2.36. The van der Waals surface area contributed by atoms with Crippen LogP contribution in [-0.2, 0) is 12.8 Å². The van der Waals surface area contributed by atoms with Crippen molar-refractivity contribution >= 4 is 17.4 Å². The van der Waals surface area contributed by atoms with Crippen LogP contribution in [0.5, 0.6) is 0 Å². The third-order valence-electron chi connectivity index (χ3n) is 6.05. The summed E-state index contributed by atoms with van der Waals surface area (Å²) in [6, 6.07) is 4.30. The van der Waals surface area contributed by atoms with Crippen LogP contribution in [-0.4, -0.2) is 23.2 Å². The summed E-state index contributed by atoms with van der Waals surface area (Å²) in [7, 11) is 0. The van der Waals surface area contributed by atoms with Crippen LogP contribution < -0.4 is 4.90 Å². The van der Waals surface area contributed by atoms with Crippen molar-refractivity contribution in [2.45, 2.75) is 60.3 Å². The van der Waals surface area contributed by atoms with E-state index in [9.17, 15) is 9.59 Å². The molecule has 4 rings (SSSR count). The Morgan fingerprint density at radius 1 is 1.15 bits per heavy atom. The zero-order valence-electron chi connectivity index (χ0n) is 17.0. The number of Topliss-reactive ketones (excluding diaryl/α,β-unsaturated/α-hetero) is 1. The van der Waals surface area contributed by atoms with Crippen LogP contribution in [0, 0.1) is 26.2 Å². The molecule has 0 saturated heterocycles. The van der Waals surface area contributed by atoms with Gasteiger partial charge in [-0.05, 0) is 73.8 Å². The third kappa shape index (κ3) is 2.91. The number of anilines is 1. The minimum Gasteiger partial charge on any atom is -0.354 e. The van der Waals surface area contributed by atoms with Crippen molar-refractivity contribution in [3.8, 4) is 0 Å². The number of fused-ring (bicyclic) bond motifs is 2. The van der Waals surface area contributed by atoms with Gasteiger partial charge in [-0.3, -0.25) is 9.59 Å². The van der Waals surface area contributed by atoms with Gasteiger partial charge in [-0.25, -0.2) is 0 Å². The van der Waals surface area contributed by atoms with E-state index in [0.717, 1.165) is 48.3 Å². The second-order valence-electron chi connectivity index (χ2n) is 9.06. The number of H-pyrrole nitrogens is 1. The quantitative estimate of drug-likeness (QED) is 0.798. The summed E-state index contributed by atoms with van der Waals surface area (Å²) in [5.74, 6) is 0.137. The lowest BCUT2D eigenvalue weighted by Crippen LogP contribution is -2.36. The molecule has 0 atom stereocenters. The third-order valence-corrected chi connectivity index (χ3v) is 6.05. The molecule has 0 saturated carbocycles. The van der Waals surface area contributed by atoms with E-state index in [2.05, 4.69) is 44.8 Å². The second-order valence-corrected chi connectivity index (χ2v) is 9.06. The molecule has 2 aromatic rings. The molecule has 4 nitrogen and oxygen atoms in total. The predicted molar refractivity (Wildman–Crippen MR) is 108 cm³/mol. The Bertz CT molecular complexity index is 965. The van der Waals surface area contributed by atoms with Gasteiger partial charge in [0.05, 0.1) is 0 Å². The number of aromatic amines is 1. The number of carbonyl (C=O) groups excluding carboxylic acids is 2. The normalized spacial score (nSPS) is 18.3. The van der Waals surface area contributed by atoms with Crippen molar-refractivity contribution in [3.05, 3.63) is 51.3 Å². The standard InChI is InChI=1S/C23H28N2O2/c1-13-9-14(2)16-7-6-8-25(18(16)10-13)22(27)21-15(3)20-17(24-21)11-23(4,5)12-19(20)26/h9-10,24H,6-8,11-12H2,1-5H3. The van der Waals surface area contributed by atoms with E-state index in [-0.39, 0.29) is 17.1 Å². The highest BCUT2D eigenvalue weighted by atomic mass is 16.2.